The molecule has 2 heterocycles. The molecule has 31 heavy (non-hydrogen) atoms. The van der Waals surface area contributed by atoms with E-state index in [1.165, 1.54) is 35.6 Å². The van der Waals surface area contributed by atoms with Gasteiger partial charge in [0.1, 0.15) is 6.54 Å². The number of hydrazine groups is 1. The summed E-state index contributed by atoms with van der Waals surface area (Å²) in [6, 6.07) is 8.14. The minimum absolute atomic E-state index is 0.0417. The first-order valence-electron chi connectivity index (χ1n) is 9.89. The van der Waals surface area contributed by atoms with Crippen molar-refractivity contribution < 1.29 is 24.1 Å². The molecule has 1 saturated heterocycles. The summed E-state index contributed by atoms with van der Waals surface area (Å²) in [5, 5.41) is 14.3. The summed E-state index contributed by atoms with van der Waals surface area (Å²) in [4.78, 5) is 62.8. The van der Waals surface area contributed by atoms with Crippen LogP contribution in [0.4, 0.5) is 5.69 Å². The van der Waals surface area contributed by atoms with Crippen LogP contribution in [0.25, 0.3) is 0 Å². The van der Waals surface area contributed by atoms with Gasteiger partial charge in [-0.1, -0.05) is 18.9 Å². The number of rotatable bonds is 6. The van der Waals surface area contributed by atoms with Gasteiger partial charge in [0.15, 0.2) is 5.78 Å². The van der Waals surface area contributed by atoms with Gasteiger partial charge >= 0.3 is 0 Å². The van der Waals surface area contributed by atoms with E-state index in [1.807, 2.05) is 0 Å². The fourth-order valence-corrected chi connectivity index (χ4v) is 4.80. The molecule has 2 aliphatic rings. The van der Waals surface area contributed by atoms with E-state index in [1.54, 1.807) is 17.5 Å². The number of imide groups is 1. The van der Waals surface area contributed by atoms with Crippen LogP contribution in [0.5, 0.6) is 0 Å². The van der Waals surface area contributed by atoms with E-state index in [2.05, 4.69) is 0 Å². The molecule has 1 saturated carbocycles. The number of hydrogen-bond acceptors (Lipinski definition) is 7. The van der Waals surface area contributed by atoms with Crippen LogP contribution < -0.4 is 0 Å². The van der Waals surface area contributed by atoms with Crippen LogP contribution in [-0.4, -0.2) is 45.0 Å². The predicted octanol–water partition coefficient (Wildman–Crippen LogP) is 3.07. The first-order chi connectivity index (χ1) is 14.9. The molecular formula is C21H19N3O6S. The molecule has 1 aromatic carbocycles. The van der Waals surface area contributed by atoms with Crippen LogP contribution in [0.3, 0.4) is 0 Å². The standard InChI is InChI=1S/C21H19N3O6S/c25-17(18-6-3-11-31-18)12-22(19(26)13-7-9-14(10-8-13)24(29)30)23-20(27)15-4-1-2-5-16(15)21(23)28/h3,6-11,15-16H,1-2,4-5,12H2/t15-,16-/m1/s1. The van der Waals surface area contributed by atoms with Crippen molar-refractivity contribution >= 4 is 40.5 Å². The second-order valence-corrected chi connectivity index (χ2v) is 8.50. The number of thiophene rings is 1. The van der Waals surface area contributed by atoms with E-state index < -0.39 is 46.8 Å². The van der Waals surface area contributed by atoms with Crippen LogP contribution in [-0.2, 0) is 9.59 Å². The highest BCUT2D eigenvalue weighted by atomic mass is 32.1. The molecule has 1 aromatic heterocycles. The molecule has 0 N–H and O–H groups in total. The Hall–Kier alpha value is -3.40. The Morgan fingerprint density at radius 2 is 1.68 bits per heavy atom. The number of ketones is 1. The molecule has 160 valence electrons. The normalized spacial score (nSPS) is 20.5. The van der Waals surface area contributed by atoms with Crippen molar-refractivity contribution in [3.8, 4) is 0 Å². The first kappa shape index (κ1) is 20.9. The molecule has 2 aromatic rings. The lowest BCUT2D eigenvalue weighted by molar-refractivity contribution is -0.384. The third-order valence-electron chi connectivity index (χ3n) is 5.71. The Morgan fingerprint density at radius 3 is 2.19 bits per heavy atom. The molecular weight excluding hydrogens is 422 g/mol. The smallest absolute Gasteiger partial charge is 0.273 e. The van der Waals surface area contributed by atoms with Gasteiger partial charge in [-0.05, 0) is 36.4 Å². The largest absolute Gasteiger partial charge is 0.291 e. The lowest BCUT2D eigenvalue weighted by Gasteiger charge is -2.29. The zero-order valence-electron chi connectivity index (χ0n) is 16.4. The number of Topliss-reactive ketones (excluding diaryl/α,β-unsaturated/α-hetero) is 1. The second kappa shape index (κ2) is 8.38. The zero-order valence-corrected chi connectivity index (χ0v) is 17.2. The molecule has 10 heteroatoms. The van der Waals surface area contributed by atoms with Crippen LogP contribution in [0.1, 0.15) is 45.7 Å². The lowest BCUT2D eigenvalue weighted by atomic mass is 9.81. The summed E-state index contributed by atoms with van der Waals surface area (Å²) < 4.78 is 0. The van der Waals surface area contributed by atoms with Gasteiger partial charge < -0.3 is 0 Å². The van der Waals surface area contributed by atoms with Crippen molar-refractivity contribution in [2.24, 2.45) is 11.8 Å². The number of amides is 3. The Morgan fingerprint density at radius 1 is 1.06 bits per heavy atom. The predicted molar refractivity (Wildman–Crippen MR) is 110 cm³/mol. The van der Waals surface area contributed by atoms with Crippen LogP contribution in [0.15, 0.2) is 41.8 Å². The van der Waals surface area contributed by atoms with Crippen molar-refractivity contribution in [3.63, 3.8) is 0 Å². The summed E-state index contributed by atoms with van der Waals surface area (Å²) in [5.41, 5.74) is -0.155. The Kier molecular flexibility index (Phi) is 5.64. The fourth-order valence-electron chi connectivity index (χ4n) is 4.14. The summed E-state index contributed by atoms with van der Waals surface area (Å²) >= 11 is 1.20. The monoisotopic (exact) mass is 441 g/mol. The van der Waals surface area contributed by atoms with Crippen LogP contribution in [0, 0.1) is 22.0 Å². The summed E-state index contributed by atoms with van der Waals surface area (Å²) in [6.07, 6.45) is 2.81. The number of nitro benzene ring substituents is 1. The van der Waals surface area contributed by atoms with E-state index in [4.69, 9.17) is 0 Å². The van der Waals surface area contributed by atoms with E-state index in [0.29, 0.717) is 17.7 Å². The highest BCUT2D eigenvalue weighted by Gasteiger charge is 2.51. The number of carbonyl (C=O) groups excluding carboxylic acids is 4. The van der Waals surface area contributed by atoms with Crippen molar-refractivity contribution in [1.82, 2.24) is 10.0 Å². The van der Waals surface area contributed by atoms with Crippen molar-refractivity contribution in [1.29, 1.82) is 0 Å². The second-order valence-electron chi connectivity index (χ2n) is 7.55. The highest BCUT2D eigenvalue weighted by molar-refractivity contribution is 7.12. The van der Waals surface area contributed by atoms with Crippen molar-refractivity contribution in [2.45, 2.75) is 25.7 Å². The molecule has 0 spiro atoms. The van der Waals surface area contributed by atoms with Gasteiger partial charge in [-0.2, -0.15) is 5.01 Å². The van der Waals surface area contributed by atoms with E-state index in [-0.39, 0.29) is 11.3 Å². The minimum atomic E-state index is -0.736. The van der Waals surface area contributed by atoms with Gasteiger partial charge in [0, 0.05) is 17.7 Å². The summed E-state index contributed by atoms with van der Waals surface area (Å²) in [5.74, 6) is -3.04. The van der Waals surface area contributed by atoms with Crippen LogP contribution >= 0.6 is 11.3 Å². The van der Waals surface area contributed by atoms with Crippen molar-refractivity contribution in [2.75, 3.05) is 6.54 Å². The molecule has 4 rings (SSSR count). The third-order valence-corrected chi connectivity index (χ3v) is 6.62. The molecule has 1 aliphatic carbocycles. The molecule has 1 aliphatic heterocycles. The SMILES string of the molecule is O=C(CN(C(=O)c1ccc([N+](=O)[O-])cc1)N1C(=O)[C@@H]2CCCC[C@H]2C1=O)c1cccs1. The number of nitro groups is 1. The molecule has 2 fully saturated rings. The van der Waals surface area contributed by atoms with Crippen molar-refractivity contribution in [3.05, 3.63) is 62.3 Å². The van der Waals surface area contributed by atoms with E-state index in [9.17, 15) is 29.3 Å². The number of hydrogen-bond donors (Lipinski definition) is 0. The van der Waals surface area contributed by atoms with Crippen LogP contribution in [0.2, 0.25) is 0 Å². The van der Waals surface area contributed by atoms with Gasteiger partial charge in [-0.25, -0.2) is 5.01 Å². The van der Waals surface area contributed by atoms with Gasteiger partial charge in [0.05, 0.1) is 21.6 Å². The third kappa shape index (κ3) is 3.86. The molecule has 0 radical (unpaired) electrons. The summed E-state index contributed by atoms with van der Waals surface area (Å²) in [6.45, 7) is -0.479. The zero-order chi connectivity index (χ0) is 22.1. The minimum Gasteiger partial charge on any atom is -0.291 e. The first-order valence-corrected chi connectivity index (χ1v) is 10.8. The maximum Gasteiger partial charge on any atom is 0.273 e. The molecule has 2 atom stereocenters. The molecule has 0 bridgehead atoms. The summed E-state index contributed by atoms with van der Waals surface area (Å²) in [7, 11) is 0. The Balaban J connectivity index is 1.68. The molecule has 0 unspecified atom stereocenters. The van der Waals surface area contributed by atoms with E-state index >= 15 is 0 Å². The number of fused-ring (bicyclic) bond motifs is 1. The number of nitrogens with zero attached hydrogens (tertiary/aromatic N) is 3. The van der Waals surface area contributed by atoms with Gasteiger partial charge in [0.25, 0.3) is 23.4 Å². The number of carbonyl (C=O) groups is 4. The maximum absolute atomic E-state index is 13.3. The Labute approximate surface area is 181 Å². The van der Waals surface area contributed by atoms with Gasteiger partial charge in [0.2, 0.25) is 0 Å². The Bertz CT molecular complexity index is 1030. The lowest BCUT2D eigenvalue weighted by Crippen LogP contribution is -2.52. The quantitative estimate of drug-likeness (QED) is 0.294. The number of benzene rings is 1. The maximum atomic E-state index is 13.3. The number of non-ortho nitro benzene ring substituents is 1. The molecule has 3 amide bonds. The average Bonchev–Trinajstić information content (AvgIpc) is 3.40. The van der Waals surface area contributed by atoms with E-state index in [0.717, 1.165) is 22.9 Å². The topological polar surface area (TPSA) is 118 Å². The average molecular weight is 441 g/mol. The highest BCUT2D eigenvalue weighted by Crippen LogP contribution is 2.39. The van der Waals surface area contributed by atoms with Gasteiger partial charge in [-0.3, -0.25) is 29.3 Å². The molecule has 9 nitrogen and oxygen atoms in total. The fraction of sp³-hybridized carbons (Fsp3) is 0.333. The van der Waals surface area contributed by atoms with Gasteiger partial charge in [-0.15, -0.1) is 11.3 Å².